The van der Waals surface area contributed by atoms with Crippen molar-refractivity contribution in [2.24, 2.45) is 0 Å². The summed E-state index contributed by atoms with van der Waals surface area (Å²) in [6, 6.07) is 6.18. The number of rotatable bonds is 2. The summed E-state index contributed by atoms with van der Waals surface area (Å²) in [6.07, 6.45) is 0.963. The van der Waals surface area contributed by atoms with Gasteiger partial charge < -0.3 is 15.4 Å². The number of fused-ring (bicyclic) bond motifs is 2. The van der Waals surface area contributed by atoms with Gasteiger partial charge in [0.1, 0.15) is 11.6 Å². The quantitative estimate of drug-likeness (QED) is 0.605. The molecule has 3 N–H and O–H groups in total. The highest BCUT2D eigenvalue weighted by Crippen LogP contribution is 2.45. The van der Waals surface area contributed by atoms with Gasteiger partial charge in [-0.1, -0.05) is 18.2 Å². The van der Waals surface area contributed by atoms with Crippen LogP contribution in [0, 0.1) is 18.6 Å². The van der Waals surface area contributed by atoms with E-state index in [1.807, 2.05) is 33.0 Å². The lowest BCUT2D eigenvalue weighted by Gasteiger charge is -2.46. The first-order valence-corrected chi connectivity index (χ1v) is 9.35. The molecule has 4 rings (SSSR count). The molecule has 0 amide bonds. The lowest BCUT2D eigenvalue weighted by atomic mass is 9.80. The standard InChI is InChI=1S/C22H25F2N3O/c1-11-10-25-19-12(11)7-6-8-13(19)16-14(23)9-15-17(18(16)24)20(27(4)5)21(28)22(2,3)26-15/h6-10,20-21,25-26,28H,1-5H3/t20?,21-/m1/s1. The molecule has 28 heavy (non-hydrogen) atoms. The van der Waals surface area contributed by atoms with Gasteiger partial charge in [-0.25, -0.2) is 8.78 Å². The van der Waals surface area contributed by atoms with Crippen molar-refractivity contribution < 1.29 is 13.9 Å². The first-order chi connectivity index (χ1) is 13.1. The predicted molar refractivity (Wildman–Crippen MR) is 109 cm³/mol. The van der Waals surface area contributed by atoms with E-state index in [4.69, 9.17) is 0 Å². The number of hydrogen-bond donors (Lipinski definition) is 3. The van der Waals surface area contributed by atoms with Crippen LogP contribution in [-0.2, 0) is 0 Å². The highest BCUT2D eigenvalue weighted by Gasteiger charge is 2.44. The Labute approximate surface area is 163 Å². The number of nitrogens with zero attached hydrogens (tertiary/aromatic N) is 1. The maximum absolute atomic E-state index is 15.8. The molecule has 1 aromatic heterocycles. The third-order valence-corrected chi connectivity index (χ3v) is 5.80. The third kappa shape index (κ3) is 2.63. The van der Waals surface area contributed by atoms with Crippen LogP contribution < -0.4 is 5.32 Å². The number of likely N-dealkylation sites (N-methyl/N-ethyl adjacent to an activating group) is 1. The number of hydrogen-bond acceptors (Lipinski definition) is 3. The first-order valence-electron chi connectivity index (χ1n) is 9.35. The van der Waals surface area contributed by atoms with Gasteiger partial charge in [-0.15, -0.1) is 0 Å². The molecule has 0 bridgehead atoms. The van der Waals surface area contributed by atoms with Gasteiger partial charge in [-0.3, -0.25) is 4.90 Å². The molecule has 2 heterocycles. The second-order valence-electron chi connectivity index (χ2n) is 8.41. The molecule has 1 aliphatic rings. The molecule has 0 aliphatic carbocycles. The van der Waals surface area contributed by atoms with Crippen LogP contribution in [0.25, 0.3) is 22.0 Å². The lowest BCUT2D eigenvalue weighted by Crippen LogP contribution is -2.54. The van der Waals surface area contributed by atoms with Gasteiger partial charge in [0, 0.05) is 28.4 Å². The molecule has 0 saturated heterocycles. The summed E-state index contributed by atoms with van der Waals surface area (Å²) in [4.78, 5) is 4.91. The summed E-state index contributed by atoms with van der Waals surface area (Å²) >= 11 is 0. The van der Waals surface area contributed by atoms with Gasteiger partial charge in [0.15, 0.2) is 0 Å². The Morgan fingerprint density at radius 3 is 2.57 bits per heavy atom. The second kappa shape index (κ2) is 6.29. The number of nitrogens with one attached hydrogen (secondary N) is 2. The summed E-state index contributed by atoms with van der Waals surface area (Å²) < 4.78 is 31.0. The maximum Gasteiger partial charge on any atom is 0.141 e. The Balaban J connectivity index is 2.02. The molecular formula is C22H25F2N3O. The normalized spacial score (nSPS) is 21.0. The van der Waals surface area contributed by atoms with E-state index in [1.54, 1.807) is 31.1 Å². The van der Waals surface area contributed by atoms with E-state index in [2.05, 4.69) is 10.3 Å². The molecule has 0 fully saturated rings. The number of H-pyrrole nitrogens is 1. The zero-order chi connectivity index (χ0) is 20.4. The van der Waals surface area contributed by atoms with E-state index in [9.17, 15) is 5.11 Å². The van der Waals surface area contributed by atoms with Crippen molar-refractivity contribution in [1.29, 1.82) is 0 Å². The summed E-state index contributed by atoms with van der Waals surface area (Å²) in [7, 11) is 3.58. The summed E-state index contributed by atoms with van der Waals surface area (Å²) in [5.74, 6) is -1.27. The first kappa shape index (κ1) is 18.9. The van der Waals surface area contributed by atoms with E-state index < -0.39 is 29.3 Å². The fraction of sp³-hybridized carbons (Fsp3) is 0.364. The van der Waals surface area contributed by atoms with Gasteiger partial charge in [0.05, 0.1) is 28.8 Å². The Morgan fingerprint density at radius 2 is 1.89 bits per heavy atom. The number of anilines is 1. The molecular weight excluding hydrogens is 360 g/mol. The minimum absolute atomic E-state index is 0.0771. The number of aryl methyl sites for hydroxylation is 1. The fourth-order valence-corrected chi connectivity index (χ4v) is 4.29. The Kier molecular flexibility index (Phi) is 4.25. The van der Waals surface area contributed by atoms with Crippen molar-refractivity contribution in [2.75, 3.05) is 19.4 Å². The second-order valence-corrected chi connectivity index (χ2v) is 8.41. The van der Waals surface area contributed by atoms with Gasteiger partial charge >= 0.3 is 0 Å². The molecule has 1 aliphatic heterocycles. The number of para-hydroxylation sites is 1. The van der Waals surface area contributed by atoms with Crippen LogP contribution in [-0.4, -0.2) is 40.7 Å². The smallest absolute Gasteiger partial charge is 0.141 e. The fourth-order valence-electron chi connectivity index (χ4n) is 4.29. The zero-order valence-electron chi connectivity index (χ0n) is 16.7. The SMILES string of the molecule is Cc1c[nH]c2c(-c3c(F)cc4c(c3F)C(N(C)C)[C@@H](O)C(C)(C)N4)cccc12. The van der Waals surface area contributed by atoms with E-state index in [0.29, 0.717) is 16.8 Å². The number of aliphatic hydroxyl groups is 1. The molecule has 3 aromatic rings. The molecule has 0 saturated carbocycles. The average molecular weight is 385 g/mol. The zero-order valence-corrected chi connectivity index (χ0v) is 16.7. The Hall–Kier alpha value is -2.44. The van der Waals surface area contributed by atoms with Gasteiger partial charge in [0.2, 0.25) is 0 Å². The molecule has 2 aromatic carbocycles. The van der Waals surface area contributed by atoms with Crippen molar-refractivity contribution in [3.63, 3.8) is 0 Å². The van der Waals surface area contributed by atoms with Crippen LogP contribution in [0.1, 0.15) is 31.0 Å². The number of halogens is 2. The largest absolute Gasteiger partial charge is 0.389 e. The Morgan fingerprint density at radius 1 is 1.18 bits per heavy atom. The molecule has 0 spiro atoms. The molecule has 1 unspecified atom stereocenters. The topological polar surface area (TPSA) is 51.3 Å². The van der Waals surface area contributed by atoms with E-state index in [0.717, 1.165) is 10.9 Å². The number of aromatic amines is 1. The number of aliphatic hydroxyl groups excluding tert-OH is 1. The molecule has 2 atom stereocenters. The van der Waals surface area contributed by atoms with Crippen LogP contribution in [0.2, 0.25) is 0 Å². The number of benzene rings is 2. The molecule has 4 nitrogen and oxygen atoms in total. The highest BCUT2D eigenvalue weighted by atomic mass is 19.1. The average Bonchev–Trinajstić information content (AvgIpc) is 2.98. The van der Waals surface area contributed by atoms with Crippen molar-refractivity contribution in [1.82, 2.24) is 9.88 Å². The van der Waals surface area contributed by atoms with Crippen LogP contribution in [0.3, 0.4) is 0 Å². The Bertz CT molecular complexity index is 1070. The predicted octanol–water partition coefficient (Wildman–Crippen LogP) is 4.59. The van der Waals surface area contributed by atoms with Crippen LogP contribution in [0.5, 0.6) is 0 Å². The molecule has 0 radical (unpaired) electrons. The highest BCUT2D eigenvalue weighted by molar-refractivity contribution is 5.96. The van der Waals surface area contributed by atoms with Crippen molar-refractivity contribution in [2.45, 2.75) is 38.5 Å². The number of aromatic nitrogens is 1. The van der Waals surface area contributed by atoms with E-state index >= 15 is 8.78 Å². The van der Waals surface area contributed by atoms with Crippen LogP contribution in [0.15, 0.2) is 30.5 Å². The van der Waals surface area contributed by atoms with Gasteiger partial charge in [-0.05, 0) is 46.5 Å². The minimum atomic E-state index is -0.869. The van der Waals surface area contributed by atoms with E-state index in [-0.39, 0.29) is 11.1 Å². The van der Waals surface area contributed by atoms with Crippen molar-refractivity contribution in [3.05, 3.63) is 53.2 Å². The maximum atomic E-state index is 15.8. The van der Waals surface area contributed by atoms with Gasteiger partial charge in [-0.2, -0.15) is 0 Å². The van der Waals surface area contributed by atoms with Crippen molar-refractivity contribution in [3.8, 4) is 11.1 Å². The monoisotopic (exact) mass is 385 g/mol. The van der Waals surface area contributed by atoms with Gasteiger partial charge in [0.25, 0.3) is 0 Å². The van der Waals surface area contributed by atoms with Crippen LogP contribution in [0.4, 0.5) is 14.5 Å². The molecule has 6 heteroatoms. The minimum Gasteiger partial charge on any atom is -0.389 e. The summed E-state index contributed by atoms with van der Waals surface area (Å²) in [6.45, 7) is 5.60. The summed E-state index contributed by atoms with van der Waals surface area (Å²) in [5.41, 5.74) is 2.05. The lowest BCUT2D eigenvalue weighted by molar-refractivity contribution is 0.0261. The van der Waals surface area contributed by atoms with Crippen LogP contribution >= 0.6 is 0 Å². The van der Waals surface area contributed by atoms with Crippen molar-refractivity contribution >= 4 is 16.6 Å². The van der Waals surface area contributed by atoms with E-state index in [1.165, 1.54) is 6.07 Å². The third-order valence-electron chi connectivity index (χ3n) is 5.80. The summed E-state index contributed by atoms with van der Waals surface area (Å²) in [5, 5.41) is 14.9. The molecule has 148 valence electrons.